The summed E-state index contributed by atoms with van der Waals surface area (Å²) in [6, 6.07) is 0. The summed E-state index contributed by atoms with van der Waals surface area (Å²) in [7, 11) is 0. The first kappa shape index (κ1) is 15.4. The van der Waals surface area contributed by atoms with Crippen LogP contribution >= 0.6 is 0 Å². The zero-order valence-corrected chi connectivity index (χ0v) is 12.1. The van der Waals surface area contributed by atoms with Crippen molar-refractivity contribution >= 4 is 5.91 Å². The van der Waals surface area contributed by atoms with Crippen LogP contribution in [0, 0.1) is 0 Å². The average Bonchev–Trinajstić information content (AvgIpc) is 2.27. The second-order valence-electron chi connectivity index (χ2n) is 6.07. The zero-order chi connectivity index (χ0) is 13.6. The van der Waals surface area contributed by atoms with Crippen molar-refractivity contribution in [2.75, 3.05) is 13.2 Å². The van der Waals surface area contributed by atoms with Gasteiger partial charge in [-0.25, -0.2) is 0 Å². The van der Waals surface area contributed by atoms with Gasteiger partial charge < -0.3 is 15.8 Å². The molecule has 0 bridgehead atoms. The molecule has 0 aliphatic heterocycles. The Morgan fingerprint density at radius 3 is 2.50 bits per heavy atom. The fraction of sp³-hybridized carbons (Fsp3) is 0.929. The van der Waals surface area contributed by atoms with Gasteiger partial charge in [0.25, 0.3) is 0 Å². The van der Waals surface area contributed by atoms with E-state index in [1.807, 2.05) is 20.8 Å². The second kappa shape index (κ2) is 6.53. The molecule has 18 heavy (non-hydrogen) atoms. The summed E-state index contributed by atoms with van der Waals surface area (Å²) >= 11 is 0. The van der Waals surface area contributed by atoms with Crippen molar-refractivity contribution in [3.63, 3.8) is 0 Å². The van der Waals surface area contributed by atoms with Crippen LogP contribution in [0.15, 0.2) is 0 Å². The Hall–Kier alpha value is -0.610. The minimum Gasteiger partial charge on any atom is -0.374 e. The van der Waals surface area contributed by atoms with E-state index >= 15 is 0 Å². The Morgan fingerprint density at radius 1 is 1.33 bits per heavy atom. The Balaban J connectivity index is 2.32. The van der Waals surface area contributed by atoms with E-state index in [2.05, 4.69) is 5.32 Å². The van der Waals surface area contributed by atoms with Gasteiger partial charge in [-0.05, 0) is 33.6 Å². The predicted octanol–water partition coefficient (Wildman–Crippen LogP) is 1.97. The largest absolute Gasteiger partial charge is 0.374 e. The van der Waals surface area contributed by atoms with Gasteiger partial charge in [-0.1, -0.05) is 19.3 Å². The highest BCUT2D eigenvalue weighted by Gasteiger charge is 2.30. The smallest absolute Gasteiger partial charge is 0.221 e. The van der Waals surface area contributed by atoms with Gasteiger partial charge in [0.05, 0.1) is 5.60 Å². The fourth-order valence-electron chi connectivity index (χ4n) is 2.57. The monoisotopic (exact) mass is 256 g/mol. The summed E-state index contributed by atoms with van der Waals surface area (Å²) in [6.45, 7) is 7.12. The zero-order valence-electron chi connectivity index (χ0n) is 12.1. The van der Waals surface area contributed by atoms with Gasteiger partial charge in [0.1, 0.15) is 0 Å². The molecular weight excluding hydrogens is 228 g/mol. The molecule has 1 saturated carbocycles. The first-order valence-electron chi connectivity index (χ1n) is 7.06. The third-order valence-electron chi connectivity index (χ3n) is 3.61. The lowest BCUT2D eigenvalue weighted by Crippen LogP contribution is -2.48. The van der Waals surface area contributed by atoms with Gasteiger partial charge >= 0.3 is 0 Å². The molecule has 4 heteroatoms. The van der Waals surface area contributed by atoms with Gasteiger partial charge in [-0.2, -0.15) is 0 Å². The van der Waals surface area contributed by atoms with E-state index in [1.54, 1.807) is 0 Å². The highest BCUT2D eigenvalue weighted by atomic mass is 16.5. The summed E-state index contributed by atoms with van der Waals surface area (Å²) in [5.41, 5.74) is 5.68. The van der Waals surface area contributed by atoms with Crippen molar-refractivity contribution in [3.8, 4) is 0 Å². The van der Waals surface area contributed by atoms with Crippen LogP contribution in [0.4, 0.5) is 0 Å². The van der Waals surface area contributed by atoms with E-state index in [-0.39, 0.29) is 17.0 Å². The SMILES string of the molecule is CCOC(C)(C)CNC(=O)CC1(N)CCCCC1. The molecule has 0 aromatic carbocycles. The van der Waals surface area contributed by atoms with E-state index in [4.69, 9.17) is 10.5 Å². The standard InChI is InChI=1S/C14H28N2O2/c1-4-18-13(2,3)11-16-12(17)10-14(15)8-6-5-7-9-14/h4-11,15H2,1-3H3,(H,16,17). The topological polar surface area (TPSA) is 64.3 Å². The molecule has 0 aromatic heterocycles. The Kier molecular flexibility index (Phi) is 5.60. The van der Waals surface area contributed by atoms with Crippen LogP contribution < -0.4 is 11.1 Å². The number of hydrogen-bond donors (Lipinski definition) is 2. The summed E-state index contributed by atoms with van der Waals surface area (Å²) < 4.78 is 5.55. The molecular formula is C14H28N2O2. The van der Waals surface area contributed by atoms with E-state index < -0.39 is 0 Å². The molecule has 1 amide bonds. The number of hydrogen-bond acceptors (Lipinski definition) is 3. The number of amides is 1. The highest BCUT2D eigenvalue weighted by molar-refractivity contribution is 5.77. The Morgan fingerprint density at radius 2 is 1.94 bits per heavy atom. The molecule has 0 heterocycles. The molecule has 0 atom stereocenters. The van der Waals surface area contributed by atoms with Gasteiger partial charge in [-0.3, -0.25) is 4.79 Å². The first-order chi connectivity index (χ1) is 8.37. The van der Waals surface area contributed by atoms with Crippen molar-refractivity contribution in [3.05, 3.63) is 0 Å². The van der Waals surface area contributed by atoms with Crippen LogP contribution in [0.1, 0.15) is 59.3 Å². The second-order valence-corrected chi connectivity index (χ2v) is 6.07. The summed E-state index contributed by atoms with van der Waals surface area (Å²) in [6.07, 6.45) is 5.92. The van der Waals surface area contributed by atoms with Crippen molar-refractivity contribution in [1.82, 2.24) is 5.32 Å². The van der Waals surface area contributed by atoms with Crippen LogP contribution in [-0.4, -0.2) is 30.2 Å². The third-order valence-corrected chi connectivity index (χ3v) is 3.61. The molecule has 4 nitrogen and oxygen atoms in total. The van der Waals surface area contributed by atoms with Gasteiger partial charge in [-0.15, -0.1) is 0 Å². The van der Waals surface area contributed by atoms with Crippen LogP contribution in [-0.2, 0) is 9.53 Å². The van der Waals surface area contributed by atoms with E-state index in [1.165, 1.54) is 6.42 Å². The highest BCUT2D eigenvalue weighted by Crippen LogP contribution is 2.28. The van der Waals surface area contributed by atoms with Crippen molar-refractivity contribution in [2.24, 2.45) is 5.73 Å². The third kappa shape index (κ3) is 5.36. The minimum atomic E-state index is -0.307. The van der Waals surface area contributed by atoms with Crippen LogP contribution in [0.25, 0.3) is 0 Å². The van der Waals surface area contributed by atoms with Crippen LogP contribution in [0.5, 0.6) is 0 Å². The lowest BCUT2D eigenvalue weighted by atomic mass is 9.80. The molecule has 0 saturated heterocycles. The van der Waals surface area contributed by atoms with Crippen LogP contribution in [0.3, 0.4) is 0 Å². The fourth-order valence-corrected chi connectivity index (χ4v) is 2.57. The molecule has 1 aliphatic rings. The van der Waals surface area contributed by atoms with Gasteiger partial charge in [0.15, 0.2) is 0 Å². The quantitative estimate of drug-likeness (QED) is 0.763. The van der Waals surface area contributed by atoms with Gasteiger partial charge in [0, 0.05) is 25.1 Å². The molecule has 0 radical (unpaired) electrons. The molecule has 3 N–H and O–H groups in total. The van der Waals surface area contributed by atoms with E-state index in [0.717, 1.165) is 25.7 Å². The first-order valence-corrected chi connectivity index (χ1v) is 7.06. The van der Waals surface area contributed by atoms with Crippen molar-refractivity contribution < 1.29 is 9.53 Å². The Bertz CT molecular complexity index is 271. The summed E-state index contributed by atoms with van der Waals surface area (Å²) in [5, 5.41) is 2.94. The normalized spacial score (nSPS) is 19.6. The lowest BCUT2D eigenvalue weighted by molar-refractivity contribution is -0.124. The molecule has 0 aromatic rings. The summed E-state index contributed by atoms with van der Waals surface area (Å²) in [5.74, 6) is 0.0483. The maximum absolute atomic E-state index is 11.9. The molecule has 106 valence electrons. The van der Waals surface area contributed by atoms with Crippen molar-refractivity contribution in [1.29, 1.82) is 0 Å². The van der Waals surface area contributed by atoms with Crippen molar-refractivity contribution in [2.45, 2.75) is 70.4 Å². The molecule has 0 unspecified atom stereocenters. The molecule has 0 spiro atoms. The maximum atomic E-state index is 11.9. The molecule has 1 aliphatic carbocycles. The maximum Gasteiger partial charge on any atom is 0.221 e. The van der Waals surface area contributed by atoms with Crippen LogP contribution in [0.2, 0.25) is 0 Å². The summed E-state index contributed by atoms with van der Waals surface area (Å²) in [4.78, 5) is 11.9. The van der Waals surface area contributed by atoms with E-state index in [9.17, 15) is 4.79 Å². The number of rotatable bonds is 6. The number of carbonyl (C=O) groups excluding carboxylic acids is 1. The van der Waals surface area contributed by atoms with E-state index in [0.29, 0.717) is 19.6 Å². The number of nitrogens with two attached hydrogens (primary N) is 1. The van der Waals surface area contributed by atoms with Gasteiger partial charge in [0.2, 0.25) is 5.91 Å². The lowest BCUT2D eigenvalue weighted by Gasteiger charge is -2.33. The molecule has 1 rings (SSSR count). The molecule has 1 fully saturated rings. The number of carbonyl (C=O) groups is 1. The minimum absolute atomic E-state index is 0.0483. The Labute approximate surface area is 111 Å². The average molecular weight is 256 g/mol. The number of ether oxygens (including phenoxy) is 1. The number of nitrogens with one attached hydrogen (secondary N) is 1. The predicted molar refractivity (Wildman–Crippen MR) is 73.3 cm³/mol.